The lowest BCUT2D eigenvalue weighted by Gasteiger charge is -2.16. The van der Waals surface area contributed by atoms with E-state index < -0.39 is 0 Å². The minimum atomic E-state index is 0.0373. The van der Waals surface area contributed by atoms with E-state index >= 15 is 0 Å². The Kier molecular flexibility index (Phi) is 14.1. The molecule has 12 nitrogen and oxygen atoms in total. The summed E-state index contributed by atoms with van der Waals surface area (Å²) in [6, 6.07) is 33.9. The summed E-state index contributed by atoms with van der Waals surface area (Å²) in [7, 11) is 0. The first-order valence-electron chi connectivity index (χ1n) is 18.5. The number of nitrogens with two attached hydrogens (primary N) is 2. The highest BCUT2D eigenvalue weighted by Gasteiger charge is 2.13. The predicted octanol–water partition coefficient (Wildman–Crippen LogP) is 8.09. The number of aryl methyl sites for hydroxylation is 2. The Balaban J connectivity index is 0.000000221. The molecular weight excluding hydrogens is 725 g/mol. The fourth-order valence-electron chi connectivity index (χ4n) is 5.97. The number of nitrogens with zero attached hydrogens (tertiary/aromatic N) is 4. The summed E-state index contributed by atoms with van der Waals surface area (Å²) >= 11 is 0. The van der Waals surface area contributed by atoms with Crippen LogP contribution in [0.5, 0.6) is 11.5 Å². The first-order chi connectivity index (χ1) is 27.9. The molecule has 0 unspecified atom stereocenters. The predicted molar refractivity (Wildman–Crippen MR) is 228 cm³/mol. The summed E-state index contributed by atoms with van der Waals surface area (Å²) in [5.41, 5.74) is 23.2. The number of hydrogen-bond acceptors (Lipinski definition) is 10. The maximum absolute atomic E-state index is 9.03. The Morgan fingerprint density at radius 1 is 0.603 bits per heavy atom. The molecule has 0 saturated heterocycles. The van der Waals surface area contributed by atoms with Crippen LogP contribution in [0.15, 0.2) is 109 Å². The summed E-state index contributed by atoms with van der Waals surface area (Å²) in [5.74, 6) is 1.61. The summed E-state index contributed by atoms with van der Waals surface area (Å²) < 4.78 is 12.1. The van der Waals surface area contributed by atoms with Gasteiger partial charge in [0.2, 0.25) is 0 Å². The zero-order chi connectivity index (χ0) is 41.6. The SMILES string of the molecule is Cc1ncc(CNc2ccc(C#N)cc2)c(C)c1OCc1cccc(C#N)c1.Cc1ncc(CNc2ccc(C(=N)N)cc2)c(C)c1OCc1cccc(C(=N)N)c1. The summed E-state index contributed by atoms with van der Waals surface area (Å²) in [6.45, 7) is 9.83. The number of rotatable bonds is 14. The lowest BCUT2D eigenvalue weighted by atomic mass is 10.1. The number of pyridine rings is 2. The molecule has 0 radical (unpaired) electrons. The van der Waals surface area contributed by atoms with Crippen LogP contribution in [-0.2, 0) is 26.3 Å². The highest BCUT2D eigenvalue weighted by Crippen LogP contribution is 2.28. The fourth-order valence-corrected chi connectivity index (χ4v) is 5.97. The quantitative estimate of drug-likeness (QED) is 0.0462. The lowest BCUT2D eigenvalue weighted by molar-refractivity contribution is 0.300. The number of nitrogen functional groups attached to an aromatic ring is 2. The molecule has 0 bridgehead atoms. The van der Waals surface area contributed by atoms with E-state index in [1.807, 2.05) is 113 Å². The third-order valence-electron chi connectivity index (χ3n) is 9.37. The Morgan fingerprint density at radius 2 is 1.07 bits per heavy atom. The van der Waals surface area contributed by atoms with Crippen molar-refractivity contribution in [3.05, 3.63) is 176 Å². The van der Waals surface area contributed by atoms with E-state index in [-0.39, 0.29) is 11.7 Å². The molecule has 0 aliphatic rings. The first-order valence-corrected chi connectivity index (χ1v) is 18.5. The van der Waals surface area contributed by atoms with Crippen molar-refractivity contribution in [2.24, 2.45) is 11.5 Å². The van der Waals surface area contributed by atoms with Crippen molar-refractivity contribution in [3.8, 4) is 23.6 Å². The number of nitrogens with one attached hydrogen (secondary N) is 4. The van der Waals surface area contributed by atoms with Crippen LogP contribution < -0.4 is 31.6 Å². The van der Waals surface area contributed by atoms with Gasteiger partial charge < -0.3 is 31.6 Å². The molecule has 0 fully saturated rings. The van der Waals surface area contributed by atoms with Crippen LogP contribution >= 0.6 is 0 Å². The average molecular weight is 771 g/mol. The zero-order valence-corrected chi connectivity index (χ0v) is 33.0. The largest absolute Gasteiger partial charge is 0.487 e. The van der Waals surface area contributed by atoms with Crippen LogP contribution in [0.2, 0.25) is 0 Å². The number of nitriles is 2. The van der Waals surface area contributed by atoms with Crippen molar-refractivity contribution in [1.82, 2.24) is 9.97 Å². The van der Waals surface area contributed by atoms with Crippen LogP contribution in [0, 0.1) is 61.2 Å². The molecular formula is C46H46N10O2. The van der Waals surface area contributed by atoms with Gasteiger partial charge in [0.15, 0.2) is 0 Å². The molecule has 0 atom stereocenters. The van der Waals surface area contributed by atoms with Gasteiger partial charge in [-0.05, 0) is 128 Å². The van der Waals surface area contributed by atoms with Crippen LogP contribution in [0.4, 0.5) is 11.4 Å². The summed E-state index contributed by atoms with van der Waals surface area (Å²) in [5, 5.41) is 39.7. The number of ether oxygens (including phenoxy) is 2. The second-order valence-corrected chi connectivity index (χ2v) is 13.5. The second-order valence-electron chi connectivity index (χ2n) is 13.5. The molecule has 12 heteroatoms. The van der Waals surface area contributed by atoms with Gasteiger partial charge in [-0.2, -0.15) is 10.5 Å². The topological polar surface area (TPSA) is 216 Å². The molecule has 0 saturated carbocycles. The highest BCUT2D eigenvalue weighted by molar-refractivity contribution is 5.95. The van der Waals surface area contributed by atoms with Crippen molar-refractivity contribution in [1.29, 1.82) is 21.3 Å². The van der Waals surface area contributed by atoms with Gasteiger partial charge in [-0.3, -0.25) is 20.8 Å². The Morgan fingerprint density at radius 3 is 1.55 bits per heavy atom. The Labute approximate surface area is 339 Å². The third-order valence-corrected chi connectivity index (χ3v) is 9.37. The molecule has 8 N–H and O–H groups in total. The molecule has 58 heavy (non-hydrogen) atoms. The highest BCUT2D eigenvalue weighted by atomic mass is 16.5. The molecule has 4 aromatic carbocycles. The molecule has 6 aromatic rings. The van der Waals surface area contributed by atoms with E-state index in [0.717, 1.165) is 67.6 Å². The molecule has 0 spiro atoms. The summed E-state index contributed by atoms with van der Waals surface area (Å²) in [6.07, 6.45) is 3.70. The molecule has 292 valence electrons. The normalized spacial score (nSPS) is 10.2. The minimum absolute atomic E-state index is 0.0373. The molecule has 2 heterocycles. The van der Waals surface area contributed by atoms with Crippen LogP contribution in [0.25, 0.3) is 0 Å². The standard InChI is InChI=1S/C23H26N6O.C23H20N4O/c1-14-19(12-29-20-8-6-17(7-9-20)22(24)25)11-28-15(2)21(14)30-13-16-4-3-5-18(10-16)23(26)27;1-16-21(14-27-22-8-6-18(11-24)7-9-22)13-26-17(2)23(16)28-15-20-5-3-4-19(10-20)12-25/h3-11,29H,12-13H2,1-2H3,(H3,24,25)(H3,26,27);3-10,13,27H,14-15H2,1-2H3. The number of benzene rings is 4. The van der Waals surface area contributed by atoms with E-state index in [0.29, 0.717) is 48.6 Å². The summed E-state index contributed by atoms with van der Waals surface area (Å²) in [4.78, 5) is 8.95. The number of anilines is 2. The molecule has 0 aliphatic heterocycles. The van der Waals surface area contributed by atoms with Gasteiger partial charge in [-0.25, -0.2) is 0 Å². The first kappa shape index (κ1) is 41.5. The van der Waals surface area contributed by atoms with Crippen LogP contribution in [0.3, 0.4) is 0 Å². The van der Waals surface area contributed by atoms with E-state index in [9.17, 15) is 0 Å². The molecule has 6 rings (SSSR count). The number of amidine groups is 2. The van der Waals surface area contributed by atoms with Gasteiger partial charge in [0.05, 0.1) is 34.7 Å². The van der Waals surface area contributed by atoms with Crippen LogP contribution in [0.1, 0.15) is 67.0 Å². The third kappa shape index (κ3) is 11.2. The van der Waals surface area contributed by atoms with E-state index in [1.54, 1.807) is 24.3 Å². The Hall–Kier alpha value is -7.70. The second kappa shape index (κ2) is 19.8. The fraction of sp³-hybridized carbons (Fsp3) is 0.174. The van der Waals surface area contributed by atoms with Crippen molar-refractivity contribution in [3.63, 3.8) is 0 Å². The molecule has 2 aromatic heterocycles. The zero-order valence-electron chi connectivity index (χ0n) is 33.0. The average Bonchev–Trinajstić information content (AvgIpc) is 3.23. The van der Waals surface area contributed by atoms with Crippen molar-refractivity contribution in [2.75, 3.05) is 10.6 Å². The van der Waals surface area contributed by atoms with Gasteiger partial charge in [0.1, 0.15) is 36.4 Å². The Bertz CT molecular complexity index is 2480. The number of aromatic nitrogens is 2. The van der Waals surface area contributed by atoms with Crippen molar-refractivity contribution < 1.29 is 9.47 Å². The van der Waals surface area contributed by atoms with Crippen molar-refractivity contribution in [2.45, 2.75) is 54.0 Å². The minimum Gasteiger partial charge on any atom is -0.487 e. The van der Waals surface area contributed by atoms with Gasteiger partial charge in [0, 0.05) is 48.0 Å². The van der Waals surface area contributed by atoms with E-state index in [1.165, 1.54) is 0 Å². The van der Waals surface area contributed by atoms with E-state index in [4.69, 9.17) is 42.3 Å². The van der Waals surface area contributed by atoms with Gasteiger partial charge in [0.25, 0.3) is 0 Å². The maximum atomic E-state index is 9.03. The van der Waals surface area contributed by atoms with Crippen LogP contribution in [-0.4, -0.2) is 21.6 Å². The smallest absolute Gasteiger partial charge is 0.144 e. The van der Waals surface area contributed by atoms with Gasteiger partial charge in [-0.15, -0.1) is 0 Å². The monoisotopic (exact) mass is 770 g/mol. The van der Waals surface area contributed by atoms with Gasteiger partial charge >= 0.3 is 0 Å². The van der Waals surface area contributed by atoms with E-state index in [2.05, 4.69) is 32.7 Å². The molecule has 0 aliphatic carbocycles. The molecule has 0 amide bonds. The van der Waals surface area contributed by atoms with Gasteiger partial charge in [-0.1, -0.05) is 30.3 Å². The lowest BCUT2D eigenvalue weighted by Crippen LogP contribution is -2.12. The number of hydrogen-bond donors (Lipinski definition) is 6. The van der Waals surface area contributed by atoms with Crippen molar-refractivity contribution >= 4 is 23.0 Å². The maximum Gasteiger partial charge on any atom is 0.144 e.